The molecular weight excluding hydrogens is 275 g/mol. The predicted octanol–water partition coefficient (Wildman–Crippen LogP) is 4.98. The number of halogens is 3. The Labute approximate surface area is 121 Å². The number of nitrogens with one attached hydrogen (secondary N) is 1. The Morgan fingerprint density at radius 1 is 0.952 bits per heavy atom. The Hall–Kier alpha value is -1.97. The maximum atomic E-state index is 13.8. The summed E-state index contributed by atoms with van der Waals surface area (Å²) >= 11 is 0. The largest absolute Gasteiger partial charge is 0.376 e. The van der Waals surface area contributed by atoms with E-state index in [1.54, 1.807) is 0 Å². The highest BCUT2D eigenvalue weighted by Gasteiger charge is 2.33. The zero-order valence-electron chi connectivity index (χ0n) is 11.7. The van der Waals surface area contributed by atoms with Crippen molar-refractivity contribution in [3.63, 3.8) is 0 Å². The zero-order chi connectivity index (χ0) is 15.0. The van der Waals surface area contributed by atoms with Crippen LogP contribution in [0.2, 0.25) is 0 Å². The van der Waals surface area contributed by atoms with Crippen LogP contribution in [0.1, 0.15) is 30.0 Å². The molecule has 1 fully saturated rings. The summed E-state index contributed by atoms with van der Waals surface area (Å²) in [6.45, 7) is 2.00. The third-order valence-corrected chi connectivity index (χ3v) is 3.88. The second-order valence-electron chi connectivity index (χ2n) is 5.59. The fourth-order valence-corrected chi connectivity index (χ4v) is 2.48. The Morgan fingerprint density at radius 3 is 2.24 bits per heavy atom. The summed E-state index contributed by atoms with van der Waals surface area (Å²) in [5.74, 6) is -3.36. The maximum Gasteiger partial charge on any atom is 0.196 e. The van der Waals surface area contributed by atoms with E-state index in [0.717, 1.165) is 30.0 Å². The van der Waals surface area contributed by atoms with Crippen LogP contribution in [-0.2, 0) is 0 Å². The van der Waals surface area contributed by atoms with Gasteiger partial charge in [-0.05, 0) is 43.4 Å². The van der Waals surface area contributed by atoms with E-state index in [1.165, 1.54) is 6.07 Å². The van der Waals surface area contributed by atoms with Crippen LogP contribution in [0.15, 0.2) is 36.4 Å². The molecule has 1 atom stereocenters. The summed E-state index contributed by atoms with van der Waals surface area (Å²) < 4.78 is 40.1. The Kier molecular flexibility index (Phi) is 3.62. The Morgan fingerprint density at radius 2 is 1.62 bits per heavy atom. The predicted molar refractivity (Wildman–Crippen MR) is 76.6 cm³/mol. The lowest BCUT2D eigenvalue weighted by Crippen LogP contribution is -2.14. The minimum absolute atomic E-state index is 0.00590. The van der Waals surface area contributed by atoms with E-state index in [4.69, 9.17) is 0 Å². The van der Waals surface area contributed by atoms with Crippen LogP contribution in [0.4, 0.5) is 18.9 Å². The van der Waals surface area contributed by atoms with E-state index in [2.05, 4.69) is 5.32 Å². The van der Waals surface area contributed by atoms with Crippen LogP contribution in [0, 0.1) is 30.3 Å². The molecule has 2 aromatic rings. The number of benzene rings is 2. The lowest BCUT2D eigenvalue weighted by Gasteiger charge is -2.21. The quantitative estimate of drug-likeness (QED) is 0.784. The fraction of sp³-hybridized carbons (Fsp3) is 0.294. The molecule has 1 nitrogen and oxygen atoms in total. The third-order valence-electron chi connectivity index (χ3n) is 3.88. The normalized spacial score (nSPS) is 15.8. The van der Waals surface area contributed by atoms with Gasteiger partial charge >= 0.3 is 0 Å². The molecule has 4 heteroatoms. The number of anilines is 1. The van der Waals surface area contributed by atoms with Crippen molar-refractivity contribution in [3.05, 3.63) is 65.0 Å². The van der Waals surface area contributed by atoms with Gasteiger partial charge in [-0.25, -0.2) is 13.2 Å². The van der Waals surface area contributed by atoms with Gasteiger partial charge in [0.05, 0.1) is 11.7 Å². The van der Waals surface area contributed by atoms with E-state index in [0.29, 0.717) is 5.92 Å². The second kappa shape index (κ2) is 5.43. The van der Waals surface area contributed by atoms with Crippen molar-refractivity contribution in [2.75, 3.05) is 5.32 Å². The lowest BCUT2D eigenvalue weighted by atomic mass is 10.0. The first kappa shape index (κ1) is 14.0. The topological polar surface area (TPSA) is 12.0 Å². The van der Waals surface area contributed by atoms with Gasteiger partial charge < -0.3 is 5.32 Å². The van der Waals surface area contributed by atoms with E-state index in [1.807, 2.05) is 31.2 Å². The molecule has 0 bridgehead atoms. The molecule has 1 unspecified atom stereocenters. The molecule has 2 aromatic carbocycles. The van der Waals surface area contributed by atoms with Gasteiger partial charge in [0, 0.05) is 0 Å². The van der Waals surface area contributed by atoms with E-state index >= 15 is 0 Å². The summed E-state index contributed by atoms with van der Waals surface area (Å²) in [5, 5.41) is 3.03. The van der Waals surface area contributed by atoms with Crippen molar-refractivity contribution >= 4 is 5.69 Å². The van der Waals surface area contributed by atoms with Crippen LogP contribution < -0.4 is 5.32 Å². The molecule has 0 heterocycles. The first-order valence-electron chi connectivity index (χ1n) is 7.03. The molecule has 0 radical (unpaired) electrons. The van der Waals surface area contributed by atoms with Gasteiger partial charge in [-0.2, -0.15) is 0 Å². The standard InChI is InChI=1S/C17H16F3N/c1-10-2-4-11(5-3-10)17(12-6-7-12)21-14-9-8-13(18)15(19)16(14)20/h2-5,8-9,12,17,21H,6-7H2,1H3. The number of aryl methyl sites for hydroxylation is 1. The molecule has 21 heavy (non-hydrogen) atoms. The Balaban J connectivity index is 1.89. The molecule has 0 aliphatic heterocycles. The molecule has 1 N–H and O–H groups in total. The number of hydrogen-bond acceptors (Lipinski definition) is 1. The summed E-state index contributed by atoms with van der Waals surface area (Å²) in [5.41, 5.74) is 2.19. The molecule has 110 valence electrons. The van der Waals surface area contributed by atoms with Crippen molar-refractivity contribution in [1.82, 2.24) is 0 Å². The first-order valence-corrected chi connectivity index (χ1v) is 7.03. The van der Waals surface area contributed by atoms with Gasteiger partial charge in [0.1, 0.15) is 0 Å². The van der Waals surface area contributed by atoms with Crippen molar-refractivity contribution in [1.29, 1.82) is 0 Å². The average Bonchev–Trinajstić information content (AvgIpc) is 3.30. The fourth-order valence-electron chi connectivity index (χ4n) is 2.48. The molecule has 0 spiro atoms. The average molecular weight is 291 g/mol. The van der Waals surface area contributed by atoms with Crippen LogP contribution >= 0.6 is 0 Å². The first-order chi connectivity index (χ1) is 10.1. The third kappa shape index (κ3) is 2.89. The second-order valence-corrected chi connectivity index (χ2v) is 5.59. The summed E-state index contributed by atoms with van der Waals surface area (Å²) in [6, 6.07) is 10.1. The Bertz CT molecular complexity index is 648. The molecule has 0 saturated heterocycles. The maximum absolute atomic E-state index is 13.8. The zero-order valence-corrected chi connectivity index (χ0v) is 11.7. The van der Waals surface area contributed by atoms with Gasteiger partial charge in [-0.15, -0.1) is 0 Å². The molecule has 3 rings (SSSR count). The minimum Gasteiger partial charge on any atom is -0.376 e. The van der Waals surface area contributed by atoms with E-state index < -0.39 is 17.5 Å². The van der Waals surface area contributed by atoms with Gasteiger partial charge in [-0.3, -0.25) is 0 Å². The van der Waals surface area contributed by atoms with Gasteiger partial charge in [0.25, 0.3) is 0 Å². The van der Waals surface area contributed by atoms with Crippen LogP contribution in [0.25, 0.3) is 0 Å². The van der Waals surface area contributed by atoms with Gasteiger partial charge in [-0.1, -0.05) is 29.8 Å². The molecule has 0 amide bonds. The van der Waals surface area contributed by atoms with Crippen LogP contribution in [-0.4, -0.2) is 0 Å². The highest BCUT2D eigenvalue weighted by Crippen LogP contribution is 2.43. The SMILES string of the molecule is Cc1ccc(C(Nc2ccc(F)c(F)c2F)C2CC2)cc1. The van der Waals surface area contributed by atoms with Crippen molar-refractivity contribution in [2.24, 2.45) is 5.92 Å². The molecule has 1 aliphatic carbocycles. The molecule has 1 aliphatic rings. The smallest absolute Gasteiger partial charge is 0.196 e. The van der Waals surface area contributed by atoms with Crippen LogP contribution in [0.3, 0.4) is 0 Å². The van der Waals surface area contributed by atoms with E-state index in [9.17, 15) is 13.2 Å². The lowest BCUT2D eigenvalue weighted by molar-refractivity contribution is 0.448. The highest BCUT2D eigenvalue weighted by molar-refractivity contribution is 5.48. The summed E-state index contributed by atoms with van der Waals surface area (Å²) in [4.78, 5) is 0. The minimum atomic E-state index is -1.43. The monoisotopic (exact) mass is 291 g/mol. The van der Waals surface area contributed by atoms with E-state index in [-0.39, 0.29) is 11.7 Å². The molecular formula is C17H16F3N. The van der Waals surface area contributed by atoms with Gasteiger partial charge in [0.2, 0.25) is 0 Å². The van der Waals surface area contributed by atoms with Crippen molar-refractivity contribution in [3.8, 4) is 0 Å². The molecule has 1 saturated carbocycles. The summed E-state index contributed by atoms with van der Waals surface area (Å²) in [7, 11) is 0. The van der Waals surface area contributed by atoms with Gasteiger partial charge in [0.15, 0.2) is 17.5 Å². The summed E-state index contributed by atoms with van der Waals surface area (Å²) in [6.07, 6.45) is 2.10. The van der Waals surface area contributed by atoms with Crippen molar-refractivity contribution in [2.45, 2.75) is 25.8 Å². The van der Waals surface area contributed by atoms with Crippen LogP contribution in [0.5, 0.6) is 0 Å². The number of rotatable bonds is 4. The van der Waals surface area contributed by atoms with Crippen molar-refractivity contribution < 1.29 is 13.2 Å². The highest BCUT2D eigenvalue weighted by atomic mass is 19.2. The number of hydrogen-bond donors (Lipinski definition) is 1. The molecule has 0 aromatic heterocycles.